The van der Waals surface area contributed by atoms with E-state index in [1.807, 2.05) is 18.3 Å². The summed E-state index contributed by atoms with van der Waals surface area (Å²) < 4.78 is 0. The second-order valence-electron chi connectivity index (χ2n) is 6.37. The van der Waals surface area contributed by atoms with Crippen molar-refractivity contribution in [1.82, 2.24) is 20.1 Å². The van der Waals surface area contributed by atoms with E-state index >= 15 is 0 Å². The molecule has 1 saturated heterocycles. The molecule has 21 heavy (non-hydrogen) atoms. The first-order chi connectivity index (χ1) is 9.97. The van der Waals surface area contributed by atoms with Gasteiger partial charge < -0.3 is 10.2 Å². The van der Waals surface area contributed by atoms with Crippen molar-refractivity contribution in [3.8, 4) is 0 Å². The van der Waals surface area contributed by atoms with Gasteiger partial charge >= 0.3 is 6.03 Å². The number of rotatable bonds is 4. The highest BCUT2D eigenvalue weighted by atomic mass is 16.2. The summed E-state index contributed by atoms with van der Waals surface area (Å²) in [6, 6.07) is 6.21. The Kier molecular flexibility index (Phi) is 5.17. The summed E-state index contributed by atoms with van der Waals surface area (Å²) in [5.74, 6) is 1.03. The second-order valence-corrected chi connectivity index (χ2v) is 6.37. The number of nitrogens with one attached hydrogen (secondary N) is 1. The molecule has 2 heterocycles. The number of hydrogen-bond donors (Lipinski definition) is 1. The Morgan fingerprint density at radius 2 is 2.19 bits per heavy atom. The lowest BCUT2D eigenvalue weighted by atomic mass is 9.91. The van der Waals surface area contributed by atoms with Crippen LogP contribution in [0.3, 0.4) is 0 Å². The fourth-order valence-corrected chi connectivity index (χ4v) is 2.88. The zero-order chi connectivity index (χ0) is 15.4. The fourth-order valence-electron chi connectivity index (χ4n) is 2.88. The van der Waals surface area contributed by atoms with Crippen molar-refractivity contribution in [1.29, 1.82) is 0 Å². The number of nitrogens with zero attached hydrogens (tertiary/aromatic N) is 3. The number of carbonyl (C=O) groups excluding carboxylic acids is 1. The third-order valence-corrected chi connectivity index (χ3v) is 4.12. The van der Waals surface area contributed by atoms with Crippen LogP contribution < -0.4 is 5.32 Å². The van der Waals surface area contributed by atoms with Crippen molar-refractivity contribution in [2.75, 3.05) is 27.2 Å². The van der Waals surface area contributed by atoms with Crippen LogP contribution in [0.5, 0.6) is 0 Å². The van der Waals surface area contributed by atoms with Crippen LogP contribution >= 0.6 is 0 Å². The molecule has 0 aromatic carbocycles. The average molecular weight is 290 g/mol. The van der Waals surface area contributed by atoms with Gasteiger partial charge in [0, 0.05) is 46.0 Å². The SMILES string of the molecule is CC(C)[C@@H]1CN(Cc2ccccn2)C[C@H]1NC(=O)N(C)C. The number of amides is 2. The molecule has 1 aromatic rings. The molecule has 0 radical (unpaired) electrons. The van der Waals surface area contributed by atoms with Crippen molar-refractivity contribution in [2.24, 2.45) is 11.8 Å². The molecule has 116 valence electrons. The predicted molar refractivity (Wildman–Crippen MR) is 83.8 cm³/mol. The van der Waals surface area contributed by atoms with E-state index in [0.717, 1.165) is 25.3 Å². The minimum atomic E-state index is -0.00895. The summed E-state index contributed by atoms with van der Waals surface area (Å²) >= 11 is 0. The maximum atomic E-state index is 11.9. The lowest BCUT2D eigenvalue weighted by molar-refractivity contribution is 0.207. The largest absolute Gasteiger partial charge is 0.334 e. The summed E-state index contributed by atoms with van der Waals surface area (Å²) in [4.78, 5) is 20.3. The van der Waals surface area contributed by atoms with E-state index in [1.165, 1.54) is 0 Å². The molecule has 2 atom stereocenters. The van der Waals surface area contributed by atoms with E-state index in [0.29, 0.717) is 11.8 Å². The molecule has 0 saturated carbocycles. The van der Waals surface area contributed by atoms with Gasteiger partial charge in [-0.05, 0) is 24.0 Å². The van der Waals surface area contributed by atoms with Gasteiger partial charge in [-0.25, -0.2) is 4.79 Å². The first kappa shape index (κ1) is 15.8. The quantitative estimate of drug-likeness (QED) is 0.920. The van der Waals surface area contributed by atoms with Crippen molar-refractivity contribution < 1.29 is 4.79 Å². The van der Waals surface area contributed by atoms with Crippen LogP contribution in [-0.4, -0.2) is 54.0 Å². The van der Waals surface area contributed by atoms with Crippen molar-refractivity contribution in [3.05, 3.63) is 30.1 Å². The van der Waals surface area contributed by atoms with Crippen LogP contribution in [0.4, 0.5) is 4.79 Å². The maximum absolute atomic E-state index is 11.9. The molecule has 2 amide bonds. The first-order valence-corrected chi connectivity index (χ1v) is 7.57. The molecule has 1 aromatic heterocycles. The molecule has 2 rings (SSSR count). The third kappa shape index (κ3) is 4.17. The summed E-state index contributed by atoms with van der Waals surface area (Å²) in [7, 11) is 3.56. The van der Waals surface area contributed by atoms with Crippen molar-refractivity contribution in [2.45, 2.75) is 26.4 Å². The predicted octanol–water partition coefficient (Wildman–Crippen LogP) is 1.81. The molecule has 5 nitrogen and oxygen atoms in total. The molecule has 5 heteroatoms. The molecular formula is C16H26N4O. The third-order valence-electron chi connectivity index (χ3n) is 4.12. The topological polar surface area (TPSA) is 48.5 Å². The van der Waals surface area contributed by atoms with Gasteiger partial charge in [0.25, 0.3) is 0 Å². The van der Waals surface area contributed by atoms with Crippen molar-refractivity contribution >= 4 is 6.03 Å². The standard InChI is InChI=1S/C16H26N4O/c1-12(2)14-10-20(9-13-7-5-6-8-17-13)11-15(14)18-16(21)19(3)4/h5-8,12,14-15H,9-11H2,1-4H3,(H,18,21)/t14-,15+/m0/s1. The highest BCUT2D eigenvalue weighted by Crippen LogP contribution is 2.25. The Bertz CT molecular complexity index is 461. The minimum Gasteiger partial charge on any atom is -0.334 e. The molecule has 0 aliphatic carbocycles. The Labute approximate surface area is 127 Å². The number of urea groups is 1. The van der Waals surface area contributed by atoms with E-state index < -0.39 is 0 Å². The van der Waals surface area contributed by atoms with Gasteiger partial charge in [0.1, 0.15) is 0 Å². The molecule has 0 unspecified atom stereocenters. The highest BCUT2D eigenvalue weighted by molar-refractivity contribution is 5.73. The van der Waals surface area contributed by atoms with E-state index in [2.05, 4.69) is 35.1 Å². The lowest BCUT2D eigenvalue weighted by Crippen LogP contribution is -2.46. The Morgan fingerprint density at radius 3 is 2.76 bits per heavy atom. The first-order valence-electron chi connectivity index (χ1n) is 7.57. The van der Waals surface area contributed by atoms with E-state index in [1.54, 1.807) is 19.0 Å². The molecule has 1 N–H and O–H groups in total. The van der Waals surface area contributed by atoms with Crippen LogP contribution in [0.2, 0.25) is 0 Å². The molecule has 0 bridgehead atoms. The van der Waals surface area contributed by atoms with Gasteiger partial charge in [0.2, 0.25) is 0 Å². The van der Waals surface area contributed by atoms with Gasteiger partial charge in [0.15, 0.2) is 0 Å². The van der Waals surface area contributed by atoms with Crippen LogP contribution in [0, 0.1) is 11.8 Å². The van der Waals surface area contributed by atoms with E-state index in [9.17, 15) is 4.79 Å². The molecule has 1 aliphatic heterocycles. The number of likely N-dealkylation sites (tertiary alicyclic amines) is 1. The van der Waals surface area contributed by atoms with E-state index in [-0.39, 0.29) is 12.1 Å². The molecule has 0 spiro atoms. The molecule has 1 fully saturated rings. The summed E-state index contributed by atoms with van der Waals surface area (Å²) in [6.45, 7) is 7.19. The van der Waals surface area contributed by atoms with Gasteiger partial charge in [-0.1, -0.05) is 19.9 Å². The number of hydrogen-bond acceptors (Lipinski definition) is 3. The van der Waals surface area contributed by atoms with E-state index in [4.69, 9.17) is 0 Å². The van der Waals surface area contributed by atoms with Gasteiger partial charge in [0.05, 0.1) is 5.69 Å². The van der Waals surface area contributed by atoms with Crippen LogP contribution in [0.25, 0.3) is 0 Å². The zero-order valence-corrected chi connectivity index (χ0v) is 13.4. The van der Waals surface area contributed by atoms with Gasteiger partial charge in [-0.2, -0.15) is 0 Å². The minimum absolute atomic E-state index is 0.00895. The molecular weight excluding hydrogens is 264 g/mol. The number of pyridine rings is 1. The van der Waals surface area contributed by atoms with Crippen LogP contribution in [0.15, 0.2) is 24.4 Å². The number of carbonyl (C=O) groups is 1. The Balaban J connectivity index is 1.99. The van der Waals surface area contributed by atoms with Gasteiger partial charge in [-0.3, -0.25) is 9.88 Å². The maximum Gasteiger partial charge on any atom is 0.317 e. The van der Waals surface area contributed by atoms with Crippen LogP contribution in [-0.2, 0) is 6.54 Å². The van der Waals surface area contributed by atoms with Crippen LogP contribution in [0.1, 0.15) is 19.5 Å². The zero-order valence-electron chi connectivity index (χ0n) is 13.4. The molecule has 1 aliphatic rings. The normalized spacial score (nSPS) is 22.5. The Hall–Kier alpha value is -1.62. The summed E-state index contributed by atoms with van der Waals surface area (Å²) in [6.07, 6.45) is 1.83. The average Bonchev–Trinajstić information content (AvgIpc) is 2.82. The Morgan fingerprint density at radius 1 is 1.43 bits per heavy atom. The van der Waals surface area contributed by atoms with Crippen molar-refractivity contribution in [3.63, 3.8) is 0 Å². The van der Waals surface area contributed by atoms with Gasteiger partial charge in [-0.15, -0.1) is 0 Å². The second kappa shape index (κ2) is 6.89. The smallest absolute Gasteiger partial charge is 0.317 e. The summed E-state index contributed by atoms with van der Waals surface area (Å²) in [5.41, 5.74) is 1.08. The highest BCUT2D eigenvalue weighted by Gasteiger charge is 2.35. The fraction of sp³-hybridized carbons (Fsp3) is 0.625. The monoisotopic (exact) mass is 290 g/mol. The summed E-state index contributed by atoms with van der Waals surface area (Å²) in [5, 5.41) is 3.15. The lowest BCUT2D eigenvalue weighted by Gasteiger charge is -2.24. The number of aromatic nitrogens is 1.